The Bertz CT molecular complexity index is 653. The third-order valence-corrected chi connectivity index (χ3v) is 4.31. The third kappa shape index (κ3) is 5.02. The average Bonchev–Trinajstić information content (AvgIpc) is 2.99. The minimum atomic E-state index is -0.476. The number of urea groups is 1. The molecular formula is C18H29ClN4O3. The van der Waals surface area contributed by atoms with Crippen molar-refractivity contribution >= 4 is 30.0 Å². The smallest absolute Gasteiger partial charge is 0.322 e. The first-order chi connectivity index (χ1) is 11.8. The van der Waals surface area contributed by atoms with E-state index in [9.17, 15) is 9.59 Å². The van der Waals surface area contributed by atoms with Gasteiger partial charge in [-0.1, -0.05) is 13.8 Å². The number of carbonyl (C=O) groups is 2. The highest BCUT2D eigenvalue weighted by molar-refractivity contribution is 6.00. The second kappa shape index (κ2) is 9.09. The van der Waals surface area contributed by atoms with Gasteiger partial charge in [-0.2, -0.15) is 0 Å². The number of benzene rings is 1. The summed E-state index contributed by atoms with van der Waals surface area (Å²) in [6, 6.07) is 4.89. The largest absolute Gasteiger partial charge is 0.495 e. The van der Waals surface area contributed by atoms with Crippen molar-refractivity contribution in [3.05, 3.63) is 23.8 Å². The zero-order valence-electron chi connectivity index (χ0n) is 15.8. The molecule has 0 saturated carbocycles. The number of nitrogens with zero attached hydrogens (tertiary/aromatic N) is 1. The van der Waals surface area contributed by atoms with E-state index in [4.69, 9.17) is 10.5 Å². The summed E-state index contributed by atoms with van der Waals surface area (Å²) in [5.41, 5.74) is 6.46. The first-order valence-corrected chi connectivity index (χ1v) is 8.55. The predicted molar refractivity (Wildman–Crippen MR) is 105 cm³/mol. The Morgan fingerprint density at radius 2 is 2.15 bits per heavy atom. The lowest BCUT2D eigenvalue weighted by molar-refractivity contribution is 0.0898. The lowest BCUT2D eigenvalue weighted by Crippen LogP contribution is -2.52. The van der Waals surface area contributed by atoms with Crippen molar-refractivity contribution in [3.8, 4) is 5.75 Å². The predicted octanol–water partition coefficient (Wildman–Crippen LogP) is 2.14. The van der Waals surface area contributed by atoms with E-state index in [2.05, 4.69) is 24.5 Å². The number of hydrogen-bond acceptors (Lipinski definition) is 4. The van der Waals surface area contributed by atoms with Gasteiger partial charge < -0.3 is 21.1 Å². The molecule has 1 aromatic carbocycles. The van der Waals surface area contributed by atoms with E-state index in [1.807, 2.05) is 6.92 Å². The van der Waals surface area contributed by atoms with Crippen molar-refractivity contribution in [2.45, 2.75) is 32.7 Å². The fourth-order valence-corrected chi connectivity index (χ4v) is 3.18. The quantitative estimate of drug-likeness (QED) is 0.671. The number of nitrogens with two attached hydrogens (primary N) is 1. The Morgan fingerprint density at radius 1 is 1.46 bits per heavy atom. The Kier molecular flexibility index (Phi) is 7.71. The van der Waals surface area contributed by atoms with E-state index >= 15 is 0 Å². The molecule has 1 aliphatic rings. The van der Waals surface area contributed by atoms with Gasteiger partial charge in [0, 0.05) is 30.7 Å². The molecule has 1 aliphatic heterocycles. The molecule has 1 unspecified atom stereocenters. The monoisotopic (exact) mass is 384 g/mol. The molecule has 4 N–H and O–H groups in total. The summed E-state index contributed by atoms with van der Waals surface area (Å²) in [6.07, 6.45) is 0.785. The molecule has 0 aromatic heterocycles. The van der Waals surface area contributed by atoms with Crippen LogP contribution in [0.5, 0.6) is 5.75 Å². The number of nitrogens with one attached hydrogen (secondary N) is 2. The fraction of sp³-hybridized carbons (Fsp3) is 0.556. The van der Waals surface area contributed by atoms with Gasteiger partial charge in [0.25, 0.3) is 5.91 Å². The van der Waals surface area contributed by atoms with Gasteiger partial charge in [-0.15, -0.1) is 12.4 Å². The van der Waals surface area contributed by atoms with Crippen LogP contribution in [-0.4, -0.2) is 44.2 Å². The topological polar surface area (TPSA) is 96.7 Å². The number of halogens is 1. The molecule has 1 aromatic rings. The number of anilines is 1. The third-order valence-electron chi connectivity index (χ3n) is 4.31. The van der Waals surface area contributed by atoms with Crippen molar-refractivity contribution in [1.29, 1.82) is 0 Å². The normalized spacial score (nSPS) is 15.9. The van der Waals surface area contributed by atoms with Crippen LogP contribution in [0.4, 0.5) is 10.5 Å². The zero-order valence-corrected chi connectivity index (χ0v) is 16.6. The van der Waals surface area contributed by atoms with E-state index in [0.29, 0.717) is 42.6 Å². The van der Waals surface area contributed by atoms with Crippen molar-refractivity contribution in [3.63, 3.8) is 0 Å². The number of amides is 3. The summed E-state index contributed by atoms with van der Waals surface area (Å²) in [5.74, 6) is 0.753. The van der Waals surface area contributed by atoms with E-state index < -0.39 is 5.54 Å². The van der Waals surface area contributed by atoms with E-state index in [-0.39, 0.29) is 24.3 Å². The van der Waals surface area contributed by atoms with Crippen molar-refractivity contribution in [2.24, 2.45) is 11.7 Å². The van der Waals surface area contributed by atoms with Gasteiger partial charge in [0.05, 0.1) is 12.8 Å². The molecule has 7 nitrogen and oxygen atoms in total. The molecule has 146 valence electrons. The van der Waals surface area contributed by atoms with Crippen LogP contribution in [0.3, 0.4) is 0 Å². The van der Waals surface area contributed by atoms with E-state index in [1.165, 1.54) is 0 Å². The standard InChI is InChI=1S/C18H28N4O3.ClH/c1-12(2)10-18(3,11-19)21-16(23)13-5-6-15(25-4)14(9-13)22-8-7-20-17(22)24;/h5-6,9,12H,7-8,10-11,19H2,1-4H3,(H,20,24)(H,21,23);1H. The molecule has 0 radical (unpaired) electrons. The minimum Gasteiger partial charge on any atom is -0.495 e. The molecule has 0 spiro atoms. The van der Waals surface area contributed by atoms with Crippen molar-refractivity contribution < 1.29 is 14.3 Å². The van der Waals surface area contributed by atoms with Crippen molar-refractivity contribution in [2.75, 3.05) is 31.6 Å². The molecule has 0 aliphatic carbocycles. The molecule has 1 atom stereocenters. The number of rotatable bonds is 7. The Morgan fingerprint density at radius 3 is 2.65 bits per heavy atom. The van der Waals surface area contributed by atoms with Crippen LogP contribution in [0.1, 0.15) is 37.6 Å². The van der Waals surface area contributed by atoms with Gasteiger partial charge >= 0.3 is 6.03 Å². The average molecular weight is 385 g/mol. The van der Waals surface area contributed by atoms with Gasteiger partial charge in [-0.3, -0.25) is 9.69 Å². The van der Waals surface area contributed by atoms with Crippen LogP contribution < -0.4 is 26.0 Å². The number of methoxy groups -OCH3 is 1. The maximum Gasteiger partial charge on any atom is 0.322 e. The van der Waals surface area contributed by atoms with Crippen LogP contribution in [0, 0.1) is 5.92 Å². The van der Waals surface area contributed by atoms with Gasteiger partial charge in [-0.25, -0.2) is 4.79 Å². The first kappa shape index (κ1) is 22.1. The molecule has 1 heterocycles. The summed E-state index contributed by atoms with van der Waals surface area (Å²) in [5, 5.41) is 5.78. The molecule has 3 amide bonds. The summed E-state index contributed by atoms with van der Waals surface area (Å²) in [6.45, 7) is 7.60. The first-order valence-electron chi connectivity index (χ1n) is 8.55. The van der Waals surface area contributed by atoms with Crippen LogP contribution in [0.25, 0.3) is 0 Å². The van der Waals surface area contributed by atoms with Gasteiger partial charge in [0.2, 0.25) is 0 Å². The fourth-order valence-electron chi connectivity index (χ4n) is 3.18. The zero-order chi connectivity index (χ0) is 18.6. The maximum atomic E-state index is 12.7. The van der Waals surface area contributed by atoms with Crippen LogP contribution >= 0.6 is 12.4 Å². The second-order valence-electron chi connectivity index (χ2n) is 7.09. The van der Waals surface area contributed by atoms with Gasteiger partial charge in [0.15, 0.2) is 0 Å². The summed E-state index contributed by atoms with van der Waals surface area (Å²) in [7, 11) is 1.54. The number of hydrogen-bond donors (Lipinski definition) is 3. The number of carbonyl (C=O) groups excluding carboxylic acids is 2. The molecular weight excluding hydrogens is 356 g/mol. The highest BCUT2D eigenvalue weighted by Gasteiger charge is 2.28. The Hall–Kier alpha value is -1.99. The molecule has 26 heavy (non-hydrogen) atoms. The molecule has 0 bridgehead atoms. The molecule has 8 heteroatoms. The Labute approximate surface area is 161 Å². The molecule has 2 rings (SSSR count). The Balaban J connectivity index is 0.00000338. The van der Waals surface area contributed by atoms with Gasteiger partial charge in [-0.05, 0) is 37.5 Å². The van der Waals surface area contributed by atoms with Crippen molar-refractivity contribution in [1.82, 2.24) is 10.6 Å². The summed E-state index contributed by atoms with van der Waals surface area (Å²) in [4.78, 5) is 26.3. The number of ether oxygens (including phenoxy) is 1. The van der Waals surface area contributed by atoms with Crippen LogP contribution in [-0.2, 0) is 0 Å². The highest BCUT2D eigenvalue weighted by atomic mass is 35.5. The van der Waals surface area contributed by atoms with E-state index in [1.54, 1.807) is 30.2 Å². The minimum absolute atomic E-state index is 0. The van der Waals surface area contributed by atoms with Crippen LogP contribution in [0.2, 0.25) is 0 Å². The van der Waals surface area contributed by atoms with E-state index in [0.717, 1.165) is 6.42 Å². The summed E-state index contributed by atoms with van der Waals surface area (Å²) >= 11 is 0. The molecule has 1 saturated heterocycles. The highest BCUT2D eigenvalue weighted by Crippen LogP contribution is 2.30. The SMILES string of the molecule is COc1ccc(C(=O)NC(C)(CN)CC(C)C)cc1N1CCNC1=O.Cl. The maximum absolute atomic E-state index is 12.7. The lowest BCUT2D eigenvalue weighted by Gasteiger charge is -2.31. The second-order valence-corrected chi connectivity index (χ2v) is 7.09. The van der Waals surface area contributed by atoms with Gasteiger partial charge in [0.1, 0.15) is 5.75 Å². The lowest BCUT2D eigenvalue weighted by atomic mass is 9.90. The molecule has 1 fully saturated rings. The summed E-state index contributed by atoms with van der Waals surface area (Å²) < 4.78 is 5.34. The van der Waals surface area contributed by atoms with Crippen LogP contribution in [0.15, 0.2) is 18.2 Å².